The molecule has 2 rings (SSSR count). The number of rotatable bonds is 3. The standard InChI is InChI=1S/C16H20ClN.C2H6/c1-4-12-9-10-15(13(5-2)16(12)17)18-14-8-6-7-11(14)3;1-2/h1,9-11,14,18H,5-8H2,2-3H3;1-2H3/t11-,14?;/m0./s1. The summed E-state index contributed by atoms with van der Waals surface area (Å²) in [6.45, 7) is 8.43. The first-order chi connectivity index (χ1) is 9.67. The molecule has 1 aliphatic carbocycles. The number of hydrogen-bond donors (Lipinski definition) is 1. The Bertz CT molecular complexity index is 473. The second-order valence-electron chi connectivity index (χ2n) is 5.11. The SMILES string of the molecule is C#Cc1ccc(NC2CCC[C@@H]2C)c(CC)c1Cl.CC. The van der Waals surface area contributed by atoms with Crippen molar-refractivity contribution >= 4 is 17.3 Å². The molecule has 2 atom stereocenters. The lowest BCUT2D eigenvalue weighted by Gasteiger charge is -2.21. The molecule has 0 spiro atoms. The van der Waals surface area contributed by atoms with Crippen LogP contribution >= 0.6 is 11.6 Å². The van der Waals surface area contributed by atoms with Crippen molar-refractivity contribution in [1.29, 1.82) is 0 Å². The van der Waals surface area contributed by atoms with Crippen molar-refractivity contribution in [2.45, 2.75) is 59.4 Å². The van der Waals surface area contributed by atoms with Gasteiger partial charge >= 0.3 is 0 Å². The van der Waals surface area contributed by atoms with Crippen molar-refractivity contribution in [2.24, 2.45) is 5.92 Å². The fourth-order valence-electron chi connectivity index (χ4n) is 2.77. The summed E-state index contributed by atoms with van der Waals surface area (Å²) < 4.78 is 0. The van der Waals surface area contributed by atoms with Crippen molar-refractivity contribution in [3.05, 3.63) is 28.3 Å². The fourth-order valence-corrected chi connectivity index (χ4v) is 3.13. The van der Waals surface area contributed by atoms with Gasteiger partial charge in [-0.1, -0.05) is 51.6 Å². The molecule has 1 N–H and O–H groups in total. The third kappa shape index (κ3) is 3.70. The van der Waals surface area contributed by atoms with Gasteiger partial charge in [-0.3, -0.25) is 0 Å². The van der Waals surface area contributed by atoms with Gasteiger partial charge in [-0.15, -0.1) is 6.42 Å². The second-order valence-corrected chi connectivity index (χ2v) is 5.49. The minimum absolute atomic E-state index is 0.572. The smallest absolute Gasteiger partial charge is 0.0614 e. The molecule has 1 aromatic carbocycles. The van der Waals surface area contributed by atoms with E-state index in [4.69, 9.17) is 18.0 Å². The normalized spacial score (nSPS) is 20.8. The van der Waals surface area contributed by atoms with Crippen molar-refractivity contribution in [1.82, 2.24) is 0 Å². The number of benzene rings is 1. The fraction of sp³-hybridized carbons (Fsp3) is 0.556. The average Bonchev–Trinajstić information content (AvgIpc) is 2.87. The van der Waals surface area contributed by atoms with E-state index in [0.717, 1.165) is 34.2 Å². The Balaban J connectivity index is 0.000000956. The van der Waals surface area contributed by atoms with Crippen LogP contribution in [0.4, 0.5) is 5.69 Å². The predicted octanol–water partition coefficient (Wildman–Crippen LogP) is 5.51. The minimum atomic E-state index is 0.572. The summed E-state index contributed by atoms with van der Waals surface area (Å²) in [6.07, 6.45) is 10.2. The zero-order chi connectivity index (χ0) is 15.1. The van der Waals surface area contributed by atoms with Crippen molar-refractivity contribution in [2.75, 3.05) is 5.32 Å². The van der Waals surface area contributed by atoms with Crippen LogP contribution in [0.2, 0.25) is 5.02 Å². The highest BCUT2D eigenvalue weighted by Crippen LogP contribution is 2.33. The largest absolute Gasteiger partial charge is 0.382 e. The maximum absolute atomic E-state index is 6.35. The van der Waals surface area contributed by atoms with Crippen molar-refractivity contribution in [3.8, 4) is 12.3 Å². The number of halogens is 1. The molecule has 1 saturated carbocycles. The molecule has 110 valence electrons. The minimum Gasteiger partial charge on any atom is -0.382 e. The zero-order valence-electron chi connectivity index (χ0n) is 13.1. The molecule has 0 bridgehead atoms. The Labute approximate surface area is 129 Å². The van der Waals surface area contributed by atoms with E-state index < -0.39 is 0 Å². The summed E-state index contributed by atoms with van der Waals surface area (Å²) in [4.78, 5) is 0. The first kappa shape index (κ1) is 16.9. The van der Waals surface area contributed by atoms with Gasteiger partial charge in [-0.2, -0.15) is 0 Å². The lowest BCUT2D eigenvalue weighted by molar-refractivity contribution is 0.556. The number of terminal acetylenes is 1. The van der Waals surface area contributed by atoms with E-state index in [9.17, 15) is 0 Å². The maximum Gasteiger partial charge on any atom is 0.0614 e. The van der Waals surface area contributed by atoms with Gasteiger partial charge in [-0.05, 0) is 42.9 Å². The lowest BCUT2D eigenvalue weighted by Crippen LogP contribution is -2.22. The van der Waals surface area contributed by atoms with E-state index in [1.54, 1.807) is 0 Å². The van der Waals surface area contributed by atoms with Gasteiger partial charge in [0.2, 0.25) is 0 Å². The number of hydrogen-bond acceptors (Lipinski definition) is 1. The molecule has 1 nitrogen and oxygen atoms in total. The Morgan fingerprint density at radius 1 is 1.35 bits per heavy atom. The quantitative estimate of drug-likeness (QED) is 0.724. The second kappa shape index (κ2) is 8.22. The molecule has 1 aromatic rings. The maximum atomic E-state index is 6.35. The van der Waals surface area contributed by atoms with Gasteiger partial charge in [0, 0.05) is 17.3 Å². The third-order valence-electron chi connectivity index (χ3n) is 3.95. The summed E-state index contributed by atoms with van der Waals surface area (Å²) in [5.41, 5.74) is 3.09. The summed E-state index contributed by atoms with van der Waals surface area (Å²) in [6, 6.07) is 4.58. The van der Waals surface area contributed by atoms with Gasteiger partial charge in [0.25, 0.3) is 0 Å². The summed E-state index contributed by atoms with van der Waals surface area (Å²) in [5, 5.41) is 4.38. The van der Waals surface area contributed by atoms with E-state index in [0.29, 0.717) is 6.04 Å². The molecule has 0 heterocycles. The van der Waals surface area contributed by atoms with Crippen LogP contribution in [-0.2, 0) is 6.42 Å². The highest BCUT2D eigenvalue weighted by atomic mass is 35.5. The summed E-state index contributed by atoms with van der Waals surface area (Å²) >= 11 is 6.35. The predicted molar refractivity (Wildman–Crippen MR) is 90.5 cm³/mol. The highest BCUT2D eigenvalue weighted by molar-refractivity contribution is 6.33. The average molecular weight is 292 g/mol. The molecule has 0 radical (unpaired) electrons. The Morgan fingerprint density at radius 2 is 2.05 bits per heavy atom. The molecule has 1 aliphatic rings. The molecule has 0 aliphatic heterocycles. The number of anilines is 1. The van der Waals surface area contributed by atoms with E-state index in [1.165, 1.54) is 19.3 Å². The van der Waals surface area contributed by atoms with Crippen LogP contribution in [0, 0.1) is 18.3 Å². The van der Waals surface area contributed by atoms with Crippen LogP contribution in [0.1, 0.15) is 58.1 Å². The van der Waals surface area contributed by atoms with E-state index >= 15 is 0 Å². The van der Waals surface area contributed by atoms with Crippen LogP contribution < -0.4 is 5.32 Å². The zero-order valence-corrected chi connectivity index (χ0v) is 13.8. The van der Waals surface area contributed by atoms with Gasteiger partial charge in [0.05, 0.1) is 5.02 Å². The Hall–Kier alpha value is -1.13. The molecule has 0 saturated heterocycles. The third-order valence-corrected chi connectivity index (χ3v) is 4.39. The highest BCUT2D eigenvalue weighted by Gasteiger charge is 2.24. The van der Waals surface area contributed by atoms with Crippen LogP contribution in [0.3, 0.4) is 0 Å². The molecule has 20 heavy (non-hydrogen) atoms. The molecular weight excluding hydrogens is 266 g/mol. The van der Waals surface area contributed by atoms with Crippen LogP contribution in [0.15, 0.2) is 12.1 Å². The van der Waals surface area contributed by atoms with Gasteiger partial charge in [0.15, 0.2) is 0 Å². The van der Waals surface area contributed by atoms with E-state index in [-0.39, 0.29) is 0 Å². The van der Waals surface area contributed by atoms with Gasteiger partial charge in [-0.25, -0.2) is 0 Å². The molecular formula is C18H26ClN. The number of nitrogens with one attached hydrogen (secondary N) is 1. The summed E-state index contributed by atoms with van der Waals surface area (Å²) in [7, 11) is 0. The Morgan fingerprint density at radius 3 is 2.55 bits per heavy atom. The van der Waals surface area contributed by atoms with Gasteiger partial charge < -0.3 is 5.32 Å². The molecule has 0 aromatic heterocycles. The molecule has 1 unspecified atom stereocenters. The summed E-state index contributed by atoms with van der Waals surface area (Å²) in [5.74, 6) is 3.38. The van der Waals surface area contributed by atoms with E-state index in [2.05, 4.69) is 31.2 Å². The molecule has 0 amide bonds. The van der Waals surface area contributed by atoms with Gasteiger partial charge in [0.1, 0.15) is 0 Å². The van der Waals surface area contributed by atoms with Crippen LogP contribution in [-0.4, -0.2) is 6.04 Å². The van der Waals surface area contributed by atoms with Crippen LogP contribution in [0.25, 0.3) is 0 Å². The molecule has 1 fully saturated rings. The first-order valence-electron chi connectivity index (χ1n) is 7.71. The van der Waals surface area contributed by atoms with Crippen molar-refractivity contribution < 1.29 is 0 Å². The van der Waals surface area contributed by atoms with E-state index in [1.807, 2.05) is 19.9 Å². The van der Waals surface area contributed by atoms with Crippen molar-refractivity contribution in [3.63, 3.8) is 0 Å². The lowest BCUT2D eigenvalue weighted by atomic mass is 10.0. The van der Waals surface area contributed by atoms with Crippen LogP contribution in [0.5, 0.6) is 0 Å². The monoisotopic (exact) mass is 291 g/mol. The Kier molecular flexibility index (Phi) is 6.96. The molecule has 2 heteroatoms. The first-order valence-corrected chi connectivity index (χ1v) is 8.09. The topological polar surface area (TPSA) is 12.0 Å².